The zero-order valence-electron chi connectivity index (χ0n) is 25.0. The second kappa shape index (κ2) is 11.2. The second-order valence-corrected chi connectivity index (χ2v) is 13.5. The number of hydrogen-bond acceptors (Lipinski definition) is 12. The number of pyridine rings is 2. The van der Waals surface area contributed by atoms with Crippen LogP contribution in [0, 0.1) is 10.1 Å². The molecule has 0 bridgehead atoms. The van der Waals surface area contributed by atoms with E-state index in [1.54, 1.807) is 35.5 Å². The molecule has 3 aliphatic rings. The van der Waals surface area contributed by atoms with Crippen molar-refractivity contribution in [3.05, 3.63) is 94.4 Å². The van der Waals surface area contributed by atoms with E-state index < -0.39 is 43.4 Å². The number of anilines is 3. The average molecular weight is 670 g/mol. The zero-order valence-corrected chi connectivity index (χ0v) is 25.8. The largest absolute Gasteiger partial charge is 0.489 e. The van der Waals surface area contributed by atoms with Crippen molar-refractivity contribution in [2.24, 2.45) is 5.73 Å². The number of fused-ring (bicyclic) bond motifs is 4. The number of hydrogen-bond donors (Lipinski definition) is 3. The smallest absolute Gasteiger partial charge is 0.297 e. The number of carbonyl (C=O) groups excluding carboxylic acids is 1. The molecule has 2 aromatic carbocycles. The summed E-state index contributed by atoms with van der Waals surface area (Å²) in [5.41, 5.74) is 7.07. The van der Waals surface area contributed by atoms with Crippen LogP contribution in [0.3, 0.4) is 0 Å². The number of aromatic nitrogens is 3. The van der Waals surface area contributed by atoms with E-state index in [9.17, 15) is 23.3 Å². The normalized spacial score (nSPS) is 19.8. The lowest BCUT2D eigenvalue weighted by molar-refractivity contribution is -0.384. The number of amides is 1. The molecule has 1 fully saturated rings. The van der Waals surface area contributed by atoms with Crippen molar-refractivity contribution in [1.82, 2.24) is 15.0 Å². The van der Waals surface area contributed by atoms with Crippen LogP contribution in [-0.2, 0) is 21.0 Å². The van der Waals surface area contributed by atoms with Gasteiger partial charge in [0.1, 0.15) is 24.0 Å². The Balaban J connectivity index is 1.27. The molecule has 0 aliphatic carbocycles. The zero-order chi connectivity index (χ0) is 33.2. The highest BCUT2D eigenvalue weighted by Crippen LogP contribution is 2.48. The summed E-state index contributed by atoms with van der Waals surface area (Å²) in [4.78, 5) is 37.6. The summed E-state index contributed by atoms with van der Waals surface area (Å²) in [7, 11) is -4.57. The third-order valence-electron chi connectivity index (χ3n) is 8.66. The Morgan fingerprint density at radius 1 is 1.10 bits per heavy atom. The Labute approximate surface area is 272 Å². The van der Waals surface area contributed by atoms with Gasteiger partial charge in [-0.3, -0.25) is 19.9 Å². The number of benzene rings is 2. The van der Waals surface area contributed by atoms with E-state index in [0.29, 0.717) is 17.8 Å². The number of para-hydroxylation sites is 1. The van der Waals surface area contributed by atoms with Crippen molar-refractivity contribution in [2.75, 3.05) is 30.0 Å². The maximum absolute atomic E-state index is 14.6. The van der Waals surface area contributed by atoms with Crippen LogP contribution in [0.1, 0.15) is 16.1 Å². The summed E-state index contributed by atoms with van der Waals surface area (Å²) < 4.78 is 47.1. The molecule has 1 saturated heterocycles. The lowest BCUT2D eigenvalue weighted by atomic mass is 10.0. The Morgan fingerprint density at radius 3 is 2.77 bits per heavy atom. The van der Waals surface area contributed by atoms with Gasteiger partial charge in [-0.2, -0.15) is 4.98 Å². The molecule has 0 saturated carbocycles. The summed E-state index contributed by atoms with van der Waals surface area (Å²) in [5.74, 6) is -0.653. The van der Waals surface area contributed by atoms with Gasteiger partial charge in [-0.15, -0.1) is 0 Å². The maximum atomic E-state index is 14.6. The molecule has 0 radical (unpaired) electrons. The van der Waals surface area contributed by atoms with Crippen molar-refractivity contribution in [3.8, 4) is 11.6 Å². The van der Waals surface area contributed by atoms with Crippen molar-refractivity contribution < 1.29 is 32.3 Å². The molecule has 16 heteroatoms. The summed E-state index contributed by atoms with van der Waals surface area (Å²) in [5, 5.41) is 16.2. The molecule has 6 heterocycles. The predicted octanol–water partition coefficient (Wildman–Crippen LogP) is 3.51. The number of nitrogens with zero attached hydrogens (tertiary/aromatic N) is 4. The molecule has 0 spiro atoms. The topological polar surface area (TPSA) is 205 Å². The number of H-pyrrole nitrogens is 1. The van der Waals surface area contributed by atoms with Crippen LogP contribution in [0.5, 0.6) is 11.6 Å². The molecule has 3 atom stereocenters. The number of nitro benzene ring substituents is 1. The Morgan fingerprint density at radius 2 is 1.98 bits per heavy atom. The highest BCUT2D eigenvalue weighted by Gasteiger charge is 2.45. The number of primary amides is 1. The molecule has 3 aromatic heterocycles. The third kappa shape index (κ3) is 4.84. The van der Waals surface area contributed by atoms with Gasteiger partial charge in [0, 0.05) is 42.0 Å². The first-order valence-electron chi connectivity index (χ1n) is 15.0. The molecule has 4 N–H and O–H groups in total. The van der Waals surface area contributed by atoms with Gasteiger partial charge in [0.15, 0.2) is 11.4 Å². The molecule has 0 unspecified atom stereocenters. The molecule has 15 nitrogen and oxygen atoms in total. The number of nitrogens with two attached hydrogens (primary N) is 1. The molecule has 5 aromatic rings. The standard InChI is InChI=1S/C32H27N7O8S/c33-30(40)21-5-3-6-27(29(21)38-23-10-17-7-9-35-31(17)37-32(23)47-26-16-45-15-24(26)38)48(43,44)20-12-22(39(41)42)28-25(13-20)46-14-19(36-28)11-18-4-1-2-8-34-18/h1-10,12-13,19,24,26,36H,11,14-16H2,(H2,33,40)(H,35,37)/t19-,24-,26-/m0/s1. The molecule has 3 aliphatic heterocycles. The number of rotatable bonds is 7. The summed E-state index contributed by atoms with van der Waals surface area (Å²) in [6.07, 6.45) is 3.25. The van der Waals surface area contributed by atoms with E-state index in [1.165, 1.54) is 24.3 Å². The van der Waals surface area contributed by atoms with Crippen LogP contribution in [0.4, 0.5) is 22.7 Å². The van der Waals surface area contributed by atoms with E-state index in [1.807, 2.05) is 12.1 Å². The Kier molecular flexibility index (Phi) is 6.92. The molecular weight excluding hydrogens is 642 g/mol. The molecule has 244 valence electrons. The van der Waals surface area contributed by atoms with E-state index in [4.69, 9.17) is 19.9 Å². The average Bonchev–Trinajstić information content (AvgIpc) is 3.75. The quantitative estimate of drug-likeness (QED) is 0.168. The van der Waals surface area contributed by atoms with Crippen molar-refractivity contribution in [1.29, 1.82) is 0 Å². The predicted molar refractivity (Wildman–Crippen MR) is 172 cm³/mol. The third-order valence-corrected chi connectivity index (χ3v) is 10.4. The number of nitro groups is 1. The number of carbonyl (C=O) groups is 1. The number of ether oxygens (including phenoxy) is 3. The molecule has 8 rings (SSSR count). The molecule has 48 heavy (non-hydrogen) atoms. The van der Waals surface area contributed by atoms with E-state index in [-0.39, 0.29) is 59.3 Å². The van der Waals surface area contributed by atoms with Crippen LogP contribution >= 0.6 is 0 Å². The SMILES string of the molecule is NC(=O)c1cccc(S(=O)(=O)c2cc3c(c([N+](=O)[O-])c2)N[C@@H](Cc2ccccn2)CO3)c1N1c2cc3cc[nH]c3nc2O[C@H]2COC[C@@H]21. The van der Waals surface area contributed by atoms with Gasteiger partial charge < -0.3 is 35.1 Å². The van der Waals surface area contributed by atoms with E-state index in [0.717, 1.165) is 17.1 Å². The monoisotopic (exact) mass is 669 g/mol. The van der Waals surface area contributed by atoms with E-state index >= 15 is 0 Å². The van der Waals surface area contributed by atoms with Crippen LogP contribution in [-0.4, -0.2) is 72.2 Å². The van der Waals surface area contributed by atoms with E-state index in [2.05, 4.69) is 20.3 Å². The fraction of sp³-hybridized carbons (Fsp3) is 0.219. The lowest BCUT2D eigenvalue weighted by Crippen LogP contribution is -2.47. The van der Waals surface area contributed by atoms with Crippen LogP contribution in [0.25, 0.3) is 11.0 Å². The summed E-state index contributed by atoms with van der Waals surface area (Å²) in [6.45, 7) is 0.473. The van der Waals surface area contributed by atoms with Gasteiger partial charge in [-0.25, -0.2) is 8.42 Å². The van der Waals surface area contributed by atoms with Crippen LogP contribution in [0.15, 0.2) is 82.8 Å². The van der Waals surface area contributed by atoms with Gasteiger partial charge >= 0.3 is 0 Å². The van der Waals surface area contributed by atoms with Gasteiger partial charge in [0.2, 0.25) is 15.7 Å². The minimum Gasteiger partial charge on any atom is -0.489 e. The highest BCUT2D eigenvalue weighted by molar-refractivity contribution is 7.91. The summed E-state index contributed by atoms with van der Waals surface area (Å²) in [6, 6.07) is 14.6. The van der Waals surface area contributed by atoms with Crippen molar-refractivity contribution in [2.45, 2.75) is 34.4 Å². The minimum absolute atomic E-state index is 0.00711. The highest BCUT2D eigenvalue weighted by atomic mass is 32.2. The van der Waals surface area contributed by atoms with Crippen molar-refractivity contribution in [3.63, 3.8) is 0 Å². The van der Waals surface area contributed by atoms with Crippen LogP contribution in [0.2, 0.25) is 0 Å². The minimum atomic E-state index is -4.57. The fourth-order valence-corrected chi connectivity index (χ4v) is 7.97. The molecule has 1 amide bonds. The lowest BCUT2D eigenvalue weighted by Gasteiger charge is -2.40. The Bertz CT molecular complexity index is 2230. The first-order valence-corrected chi connectivity index (χ1v) is 16.5. The van der Waals surface area contributed by atoms with Crippen molar-refractivity contribution >= 4 is 49.5 Å². The van der Waals surface area contributed by atoms with Crippen LogP contribution < -0.4 is 25.4 Å². The summed E-state index contributed by atoms with van der Waals surface area (Å²) >= 11 is 0. The van der Waals surface area contributed by atoms with Gasteiger partial charge in [0.25, 0.3) is 11.6 Å². The maximum Gasteiger partial charge on any atom is 0.297 e. The first kappa shape index (κ1) is 29.6. The number of aromatic amines is 1. The van der Waals surface area contributed by atoms with Gasteiger partial charge in [-0.1, -0.05) is 12.1 Å². The first-order chi connectivity index (χ1) is 23.2. The molecular formula is C32H27N7O8S. The number of nitrogens with one attached hydrogen (secondary N) is 2. The fourth-order valence-electron chi connectivity index (χ4n) is 6.46. The number of sulfone groups is 1. The second-order valence-electron chi connectivity index (χ2n) is 11.6. The Hall–Kier alpha value is -5.74. The van der Waals surface area contributed by atoms with Gasteiger partial charge in [0.05, 0.1) is 51.3 Å². The van der Waals surface area contributed by atoms with Gasteiger partial charge in [-0.05, 0) is 36.4 Å².